The van der Waals surface area contributed by atoms with Crippen LogP contribution < -0.4 is 5.56 Å². The van der Waals surface area contributed by atoms with Crippen LogP contribution in [0.5, 0.6) is 0 Å². The van der Waals surface area contributed by atoms with Gasteiger partial charge >= 0.3 is 0 Å². The van der Waals surface area contributed by atoms with E-state index in [1.165, 1.54) is 0 Å². The second kappa shape index (κ2) is 6.38. The van der Waals surface area contributed by atoms with E-state index in [0.717, 1.165) is 12.4 Å². The van der Waals surface area contributed by atoms with Crippen molar-refractivity contribution >= 4 is 10.9 Å². The Morgan fingerprint density at radius 3 is 2.96 bits per heavy atom. The Bertz CT molecular complexity index is 949. The Hall–Kier alpha value is -2.58. The van der Waals surface area contributed by atoms with Crippen molar-refractivity contribution in [3.8, 4) is 0 Å². The molecule has 1 saturated heterocycles. The smallest absolute Gasteiger partial charge is 0.258 e. The highest BCUT2D eigenvalue weighted by atomic mass is 16.5. The molecule has 8 heteroatoms. The number of rotatable bonds is 3. The van der Waals surface area contributed by atoms with Crippen molar-refractivity contribution < 1.29 is 4.74 Å². The molecule has 3 aromatic rings. The molecule has 1 fully saturated rings. The number of nitrogens with zero attached hydrogens (tertiary/aromatic N) is 4. The van der Waals surface area contributed by atoms with Crippen molar-refractivity contribution in [1.29, 1.82) is 0 Å². The van der Waals surface area contributed by atoms with E-state index in [1.54, 1.807) is 6.07 Å². The van der Waals surface area contributed by atoms with Gasteiger partial charge in [0.2, 0.25) is 0 Å². The number of hydrogen-bond donors (Lipinski definition) is 2. The lowest BCUT2D eigenvalue weighted by Gasteiger charge is -2.35. The van der Waals surface area contributed by atoms with E-state index in [4.69, 9.17) is 4.74 Å². The lowest BCUT2D eigenvalue weighted by Crippen LogP contribution is -2.41. The summed E-state index contributed by atoms with van der Waals surface area (Å²) >= 11 is 0. The maximum absolute atomic E-state index is 12.3. The number of nitrogens with one attached hydrogen (secondary N) is 2. The minimum atomic E-state index is -0.187. The largest absolute Gasteiger partial charge is 0.367 e. The Balaban J connectivity index is 1.60. The van der Waals surface area contributed by atoms with Crippen LogP contribution in [0.2, 0.25) is 0 Å². The molecule has 3 heterocycles. The highest BCUT2D eigenvalue weighted by molar-refractivity contribution is 5.77. The first-order chi connectivity index (χ1) is 12.1. The number of fused-ring (bicyclic) bond motifs is 1. The number of aryl methyl sites for hydroxylation is 1. The monoisotopic (exact) mass is 340 g/mol. The van der Waals surface area contributed by atoms with Crippen LogP contribution in [0.25, 0.3) is 10.9 Å². The average Bonchev–Trinajstić information content (AvgIpc) is 3.08. The van der Waals surface area contributed by atoms with Gasteiger partial charge in [-0.3, -0.25) is 14.8 Å². The number of hydrogen-bond acceptors (Lipinski definition) is 6. The zero-order valence-corrected chi connectivity index (χ0v) is 14.2. The first-order valence-corrected chi connectivity index (χ1v) is 8.35. The number of morpholine rings is 1. The molecule has 0 saturated carbocycles. The van der Waals surface area contributed by atoms with Gasteiger partial charge in [-0.25, -0.2) is 9.97 Å². The molecular weight excluding hydrogens is 320 g/mol. The van der Waals surface area contributed by atoms with Crippen LogP contribution in [0.15, 0.2) is 29.1 Å². The van der Waals surface area contributed by atoms with E-state index >= 15 is 0 Å². The van der Waals surface area contributed by atoms with Crippen LogP contribution in [0.3, 0.4) is 0 Å². The molecule has 4 rings (SSSR count). The molecule has 2 atom stereocenters. The van der Waals surface area contributed by atoms with Crippen molar-refractivity contribution in [2.75, 3.05) is 19.7 Å². The molecule has 0 unspecified atom stereocenters. The molecule has 2 aromatic heterocycles. The number of aromatic nitrogens is 5. The van der Waals surface area contributed by atoms with Gasteiger partial charge in [0.05, 0.1) is 23.6 Å². The summed E-state index contributed by atoms with van der Waals surface area (Å²) in [5.41, 5.74) is 0.601. The molecule has 8 nitrogen and oxygen atoms in total. The molecule has 0 aliphatic carbocycles. The molecule has 0 bridgehead atoms. The van der Waals surface area contributed by atoms with Crippen molar-refractivity contribution in [2.24, 2.45) is 0 Å². The summed E-state index contributed by atoms with van der Waals surface area (Å²) in [5, 5.41) is 7.66. The van der Waals surface area contributed by atoms with Gasteiger partial charge < -0.3 is 9.72 Å². The van der Waals surface area contributed by atoms with E-state index < -0.39 is 0 Å². The molecule has 25 heavy (non-hydrogen) atoms. The van der Waals surface area contributed by atoms with Gasteiger partial charge in [-0.05, 0) is 26.0 Å². The summed E-state index contributed by atoms with van der Waals surface area (Å²) in [4.78, 5) is 26.5. The lowest BCUT2D eigenvalue weighted by atomic mass is 10.1. The van der Waals surface area contributed by atoms with E-state index in [2.05, 4.69) is 30.0 Å². The second-order valence-corrected chi connectivity index (χ2v) is 6.28. The number of ether oxygens (including phenoxy) is 1. The number of H-pyrrole nitrogens is 2. The highest BCUT2D eigenvalue weighted by Gasteiger charge is 2.29. The van der Waals surface area contributed by atoms with E-state index in [1.807, 2.05) is 32.0 Å². The Morgan fingerprint density at radius 1 is 1.32 bits per heavy atom. The van der Waals surface area contributed by atoms with E-state index in [-0.39, 0.29) is 17.7 Å². The van der Waals surface area contributed by atoms with Crippen molar-refractivity contribution in [3.05, 3.63) is 52.1 Å². The van der Waals surface area contributed by atoms with Crippen molar-refractivity contribution in [1.82, 2.24) is 30.0 Å². The van der Waals surface area contributed by atoms with Gasteiger partial charge in [0.15, 0.2) is 5.82 Å². The van der Waals surface area contributed by atoms with Crippen molar-refractivity contribution in [2.45, 2.75) is 26.0 Å². The molecule has 0 spiro atoms. The molecule has 0 amide bonds. The number of para-hydroxylation sites is 1. The Morgan fingerprint density at radius 2 is 2.16 bits per heavy atom. The summed E-state index contributed by atoms with van der Waals surface area (Å²) in [6.07, 6.45) is -0.187. The second-order valence-electron chi connectivity index (χ2n) is 6.28. The van der Waals surface area contributed by atoms with Gasteiger partial charge in [0.25, 0.3) is 5.56 Å². The maximum atomic E-state index is 12.3. The van der Waals surface area contributed by atoms with Crippen LogP contribution in [-0.4, -0.2) is 49.7 Å². The van der Waals surface area contributed by atoms with Gasteiger partial charge in [-0.15, -0.1) is 0 Å². The normalized spacial score (nSPS) is 20.0. The summed E-state index contributed by atoms with van der Waals surface area (Å²) in [7, 11) is 0. The first-order valence-electron chi connectivity index (χ1n) is 8.35. The molecule has 1 aromatic carbocycles. The highest BCUT2D eigenvalue weighted by Crippen LogP contribution is 2.25. The van der Waals surface area contributed by atoms with Crippen LogP contribution >= 0.6 is 0 Å². The minimum Gasteiger partial charge on any atom is -0.367 e. The predicted molar refractivity (Wildman–Crippen MR) is 92.2 cm³/mol. The SMILES string of the molecule is Cc1nc([C@H]2CN([C@@H](C)c3nc4ccccc4c(=O)[nH]3)CCO2)n[nH]1. The fourth-order valence-corrected chi connectivity index (χ4v) is 3.16. The standard InChI is InChI=1S/C17H20N6O2/c1-10(15-19-13-6-4-3-5-12(13)17(24)20-15)23-7-8-25-14(9-23)16-18-11(2)21-22-16/h3-6,10,14H,7-9H2,1-2H3,(H,18,21,22)(H,19,20,24)/t10-,14+/m0/s1. The summed E-state index contributed by atoms with van der Waals surface area (Å²) < 4.78 is 5.81. The molecule has 1 aliphatic heterocycles. The number of aromatic amines is 2. The quantitative estimate of drug-likeness (QED) is 0.749. The molecule has 0 radical (unpaired) electrons. The Labute approximate surface area is 144 Å². The topological polar surface area (TPSA) is 99.8 Å². The molecule has 2 N–H and O–H groups in total. The zero-order chi connectivity index (χ0) is 17.4. The van der Waals surface area contributed by atoms with Gasteiger partial charge in [-0.2, -0.15) is 5.10 Å². The van der Waals surface area contributed by atoms with Crippen LogP contribution in [0.1, 0.15) is 36.5 Å². The maximum Gasteiger partial charge on any atom is 0.258 e. The Kier molecular flexibility index (Phi) is 4.06. The lowest BCUT2D eigenvalue weighted by molar-refractivity contribution is -0.0480. The molecular formula is C17H20N6O2. The van der Waals surface area contributed by atoms with E-state index in [9.17, 15) is 4.79 Å². The summed E-state index contributed by atoms with van der Waals surface area (Å²) in [6, 6.07) is 7.34. The van der Waals surface area contributed by atoms with Gasteiger partial charge in [-0.1, -0.05) is 12.1 Å². The van der Waals surface area contributed by atoms with Crippen LogP contribution in [0.4, 0.5) is 0 Å². The number of benzene rings is 1. The third kappa shape index (κ3) is 3.06. The average molecular weight is 340 g/mol. The zero-order valence-electron chi connectivity index (χ0n) is 14.2. The minimum absolute atomic E-state index is 0.0382. The van der Waals surface area contributed by atoms with Gasteiger partial charge in [0, 0.05) is 13.1 Å². The van der Waals surface area contributed by atoms with Gasteiger partial charge in [0.1, 0.15) is 17.8 Å². The molecule has 1 aliphatic rings. The third-order valence-electron chi connectivity index (χ3n) is 4.57. The first kappa shape index (κ1) is 15.9. The van der Waals surface area contributed by atoms with Crippen molar-refractivity contribution in [3.63, 3.8) is 0 Å². The third-order valence-corrected chi connectivity index (χ3v) is 4.57. The summed E-state index contributed by atoms with van der Waals surface area (Å²) in [5.74, 6) is 2.09. The predicted octanol–water partition coefficient (Wildman–Crippen LogP) is 1.48. The summed E-state index contributed by atoms with van der Waals surface area (Å²) in [6.45, 7) is 5.90. The fourth-order valence-electron chi connectivity index (χ4n) is 3.16. The fraction of sp³-hybridized carbons (Fsp3) is 0.412. The van der Waals surface area contributed by atoms with Crippen LogP contribution in [-0.2, 0) is 4.74 Å². The van der Waals surface area contributed by atoms with Crippen LogP contribution in [0, 0.1) is 6.92 Å². The molecule has 130 valence electrons. The van der Waals surface area contributed by atoms with E-state index in [0.29, 0.717) is 35.7 Å².